The summed E-state index contributed by atoms with van der Waals surface area (Å²) in [7, 11) is 1.53. The standard InChI is InChI=1S/C22H17BrN2O6/c1-30-17-6-2-13(3-7-17)22(29)31-20-9-4-15(23)10-14(20)12-24-25-21(28)18-8-5-16(26)11-19(18)27/h2-12,26-27H,1H3,(H,25,28)/b24-12+. The monoisotopic (exact) mass is 484 g/mol. The fourth-order valence-corrected chi connectivity index (χ4v) is 2.91. The van der Waals surface area contributed by atoms with Gasteiger partial charge >= 0.3 is 5.97 Å². The number of aromatic hydroxyl groups is 2. The third kappa shape index (κ3) is 5.61. The van der Waals surface area contributed by atoms with Crippen molar-refractivity contribution in [3.63, 3.8) is 0 Å². The van der Waals surface area contributed by atoms with Gasteiger partial charge in [-0.15, -0.1) is 0 Å². The molecule has 0 radical (unpaired) electrons. The number of hydrogen-bond acceptors (Lipinski definition) is 7. The third-order valence-corrected chi connectivity index (χ3v) is 4.59. The van der Waals surface area contributed by atoms with E-state index in [1.165, 1.54) is 25.5 Å². The van der Waals surface area contributed by atoms with Crippen LogP contribution >= 0.6 is 15.9 Å². The van der Waals surface area contributed by atoms with Crippen LogP contribution in [-0.2, 0) is 0 Å². The maximum atomic E-state index is 12.4. The number of methoxy groups -OCH3 is 1. The number of hydrazone groups is 1. The smallest absolute Gasteiger partial charge is 0.343 e. The molecule has 0 unspecified atom stereocenters. The van der Waals surface area contributed by atoms with Crippen molar-refractivity contribution >= 4 is 34.0 Å². The van der Waals surface area contributed by atoms with E-state index in [1.54, 1.807) is 42.5 Å². The lowest BCUT2D eigenvalue weighted by atomic mass is 10.2. The van der Waals surface area contributed by atoms with Crippen LogP contribution in [-0.4, -0.2) is 35.4 Å². The first-order chi connectivity index (χ1) is 14.9. The van der Waals surface area contributed by atoms with Crippen LogP contribution in [0.25, 0.3) is 0 Å². The molecule has 158 valence electrons. The van der Waals surface area contributed by atoms with E-state index in [-0.39, 0.29) is 22.8 Å². The fourth-order valence-electron chi connectivity index (χ4n) is 2.53. The van der Waals surface area contributed by atoms with E-state index in [1.807, 2.05) is 0 Å². The third-order valence-electron chi connectivity index (χ3n) is 4.10. The van der Waals surface area contributed by atoms with Crippen molar-refractivity contribution in [2.75, 3.05) is 7.11 Å². The molecule has 3 N–H and O–H groups in total. The Morgan fingerprint density at radius 1 is 1.03 bits per heavy atom. The first-order valence-electron chi connectivity index (χ1n) is 8.88. The van der Waals surface area contributed by atoms with Gasteiger partial charge in [0.2, 0.25) is 0 Å². The number of esters is 1. The summed E-state index contributed by atoms with van der Waals surface area (Å²) in [6.07, 6.45) is 1.30. The molecule has 3 aromatic carbocycles. The van der Waals surface area contributed by atoms with Gasteiger partial charge < -0.3 is 19.7 Å². The second kappa shape index (κ2) is 9.77. The molecule has 0 bridgehead atoms. The molecular formula is C22H17BrN2O6. The Morgan fingerprint density at radius 3 is 2.45 bits per heavy atom. The molecule has 1 amide bonds. The number of nitrogens with zero attached hydrogens (tertiary/aromatic N) is 1. The summed E-state index contributed by atoms with van der Waals surface area (Å²) in [6, 6.07) is 15.0. The summed E-state index contributed by atoms with van der Waals surface area (Å²) < 4.78 is 11.2. The molecule has 0 fully saturated rings. The zero-order valence-corrected chi connectivity index (χ0v) is 17.8. The number of carbonyl (C=O) groups excluding carboxylic acids is 2. The minimum absolute atomic E-state index is 0.0599. The SMILES string of the molecule is COc1ccc(C(=O)Oc2ccc(Br)cc2/C=N/NC(=O)c2ccc(O)cc2O)cc1. The van der Waals surface area contributed by atoms with Gasteiger partial charge in [-0.3, -0.25) is 4.79 Å². The summed E-state index contributed by atoms with van der Waals surface area (Å²) >= 11 is 3.34. The summed E-state index contributed by atoms with van der Waals surface area (Å²) in [5.74, 6) is -0.963. The van der Waals surface area contributed by atoms with Gasteiger partial charge in [0.1, 0.15) is 23.0 Å². The Labute approximate surface area is 185 Å². The van der Waals surface area contributed by atoms with Crippen LogP contribution in [0.5, 0.6) is 23.0 Å². The van der Waals surface area contributed by atoms with Crippen molar-refractivity contribution in [3.8, 4) is 23.0 Å². The number of rotatable bonds is 6. The summed E-state index contributed by atoms with van der Waals surface area (Å²) in [5, 5.41) is 22.9. The highest BCUT2D eigenvalue weighted by molar-refractivity contribution is 9.10. The first-order valence-corrected chi connectivity index (χ1v) is 9.68. The molecule has 0 aliphatic heterocycles. The maximum absolute atomic E-state index is 12.4. The van der Waals surface area contributed by atoms with E-state index >= 15 is 0 Å². The van der Waals surface area contributed by atoms with E-state index in [4.69, 9.17) is 9.47 Å². The number of halogens is 1. The lowest BCUT2D eigenvalue weighted by Crippen LogP contribution is -2.18. The van der Waals surface area contributed by atoms with E-state index in [0.717, 1.165) is 6.07 Å². The zero-order valence-electron chi connectivity index (χ0n) is 16.2. The average Bonchev–Trinajstić information content (AvgIpc) is 2.75. The lowest BCUT2D eigenvalue weighted by molar-refractivity contribution is 0.0734. The number of phenols is 2. The highest BCUT2D eigenvalue weighted by atomic mass is 79.9. The highest BCUT2D eigenvalue weighted by Crippen LogP contribution is 2.24. The quantitative estimate of drug-likeness (QED) is 0.211. The molecule has 0 atom stereocenters. The molecule has 0 heterocycles. The van der Waals surface area contributed by atoms with Crippen LogP contribution in [0.4, 0.5) is 0 Å². The van der Waals surface area contributed by atoms with Crippen LogP contribution in [0.2, 0.25) is 0 Å². The predicted molar refractivity (Wildman–Crippen MR) is 117 cm³/mol. The van der Waals surface area contributed by atoms with E-state index in [0.29, 0.717) is 21.3 Å². The van der Waals surface area contributed by atoms with Crippen LogP contribution in [0.15, 0.2) is 70.2 Å². The molecule has 3 rings (SSSR count). The maximum Gasteiger partial charge on any atom is 0.343 e. The molecule has 3 aromatic rings. The fraction of sp³-hybridized carbons (Fsp3) is 0.0455. The zero-order chi connectivity index (χ0) is 22.4. The second-order valence-corrected chi connectivity index (χ2v) is 7.12. The summed E-state index contributed by atoms with van der Waals surface area (Å²) in [6.45, 7) is 0. The van der Waals surface area contributed by atoms with Crippen LogP contribution < -0.4 is 14.9 Å². The summed E-state index contributed by atoms with van der Waals surface area (Å²) in [4.78, 5) is 24.6. The average molecular weight is 485 g/mol. The number of ether oxygens (including phenoxy) is 2. The van der Waals surface area contributed by atoms with Gasteiger partial charge in [0.05, 0.1) is 24.5 Å². The minimum atomic E-state index is -0.680. The van der Waals surface area contributed by atoms with Crippen molar-refractivity contribution in [1.82, 2.24) is 5.43 Å². The van der Waals surface area contributed by atoms with Gasteiger partial charge in [0.15, 0.2) is 0 Å². The van der Waals surface area contributed by atoms with E-state index < -0.39 is 11.9 Å². The van der Waals surface area contributed by atoms with Gasteiger partial charge in [0, 0.05) is 16.1 Å². The second-order valence-electron chi connectivity index (χ2n) is 6.20. The Balaban J connectivity index is 1.74. The van der Waals surface area contributed by atoms with Crippen molar-refractivity contribution in [1.29, 1.82) is 0 Å². The number of phenolic OH excluding ortho intramolecular Hbond substituents is 2. The Bertz CT molecular complexity index is 1150. The lowest BCUT2D eigenvalue weighted by Gasteiger charge is -2.09. The molecule has 0 aliphatic rings. The number of hydrogen-bond donors (Lipinski definition) is 3. The highest BCUT2D eigenvalue weighted by Gasteiger charge is 2.13. The first kappa shape index (κ1) is 21.8. The van der Waals surface area contributed by atoms with Crippen LogP contribution in [0.1, 0.15) is 26.3 Å². The molecular weight excluding hydrogens is 468 g/mol. The van der Waals surface area contributed by atoms with Gasteiger partial charge in [0.25, 0.3) is 5.91 Å². The van der Waals surface area contributed by atoms with Crippen molar-refractivity contribution in [3.05, 3.63) is 81.8 Å². The van der Waals surface area contributed by atoms with Gasteiger partial charge in [-0.1, -0.05) is 15.9 Å². The Morgan fingerprint density at radius 2 is 1.77 bits per heavy atom. The van der Waals surface area contributed by atoms with Gasteiger partial charge in [-0.2, -0.15) is 5.10 Å². The van der Waals surface area contributed by atoms with Crippen LogP contribution in [0.3, 0.4) is 0 Å². The van der Waals surface area contributed by atoms with E-state index in [9.17, 15) is 19.8 Å². The Kier molecular flexibility index (Phi) is 6.88. The molecule has 0 spiro atoms. The Hall–Kier alpha value is -3.85. The topological polar surface area (TPSA) is 117 Å². The van der Waals surface area contributed by atoms with Gasteiger partial charge in [-0.05, 0) is 54.6 Å². The van der Waals surface area contributed by atoms with Crippen molar-refractivity contribution in [2.45, 2.75) is 0 Å². The number of benzene rings is 3. The van der Waals surface area contributed by atoms with Crippen LogP contribution in [0, 0.1) is 0 Å². The number of amides is 1. The summed E-state index contributed by atoms with van der Waals surface area (Å²) in [5.41, 5.74) is 2.97. The van der Waals surface area contributed by atoms with Gasteiger partial charge in [-0.25, -0.2) is 10.2 Å². The number of nitrogens with one attached hydrogen (secondary N) is 1. The molecule has 0 saturated heterocycles. The van der Waals surface area contributed by atoms with Crippen molar-refractivity contribution in [2.24, 2.45) is 5.10 Å². The molecule has 0 saturated carbocycles. The van der Waals surface area contributed by atoms with E-state index in [2.05, 4.69) is 26.5 Å². The van der Waals surface area contributed by atoms with Crippen molar-refractivity contribution < 1.29 is 29.3 Å². The molecule has 0 aromatic heterocycles. The minimum Gasteiger partial charge on any atom is -0.508 e. The predicted octanol–water partition coefficient (Wildman–Crippen LogP) is 3.85. The largest absolute Gasteiger partial charge is 0.508 e. The molecule has 8 nitrogen and oxygen atoms in total. The molecule has 9 heteroatoms. The normalized spacial score (nSPS) is 10.6. The molecule has 31 heavy (non-hydrogen) atoms. The molecule has 0 aliphatic carbocycles. The number of carbonyl (C=O) groups is 2.